The molecule has 2 aromatic carbocycles. The number of halogens is 1. The van der Waals surface area contributed by atoms with E-state index in [0.717, 1.165) is 31.5 Å². The van der Waals surface area contributed by atoms with Crippen molar-refractivity contribution in [1.82, 2.24) is 20.2 Å². The van der Waals surface area contributed by atoms with E-state index in [0.29, 0.717) is 17.0 Å². The zero-order valence-corrected chi connectivity index (χ0v) is 25.1. The van der Waals surface area contributed by atoms with Gasteiger partial charge in [0, 0.05) is 17.2 Å². The molecule has 1 amide bonds. The van der Waals surface area contributed by atoms with Gasteiger partial charge in [-0.15, -0.1) is 0 Å². The van der Waals surface area contributed by atoms with Crippen LogP contribution in [0.4, 0.5) is 17.5 Å². The number of carbonyl (C=O) groups is 1. The summed E-state index contributed by atoms with van der Waals surface area (Å²) in [6, 6.07) is 12.2. The number of hydrogen-bond donors (Lipinski definition) is 3. The van der Waals surface area contributed by atoms with Crippen LogP contribution in [-0.4, -0.2) is 59.7 Å². The maximum absolute atomic E-state index is 13.7. The standard InChI is InChI=1S/C29H35ClN6O4S/c1-17(2)40-20-9-10-21-22(15-20)27(36(28(21)37)19-11-13-31-14-12-19)35-29-32-16-23(30)26(34-29)33-24-7-5-6-8-25(24)41(38,39)18(3)4/h5-10,15-19,27,31H,11-14H2,1-4H3,(H2,32,33,34,35). The number of hydrogen-bond acceptors (Lipinski definition) is 9. The van der Waals surface area contributed by atoms with E-state index in [4.69, 9.17) is 16.3 Å². The molecule has 218 valence electrons. The Hall–Kier alpha value is -3.41. The van der Waals surface area contributed by atoms with E-state index in [2.05, 4.69) is 25.9 Å². The van der Waals surface area contributed by atoms with Gasteiger partial charge in [-0.05, 0) is 84.0 Å². The lowest BCUT2D eigenvalue weighted by molar-refractivity contribution is 0.0610. The molecule has 5 rings (SSSR count). The highest BCUT2D eigenvalue weighted by atomic mass is 35.5. The minimum Gasteiger partial charge on any atom is -0.491 e. The number of benzene rings is 2. The van der Waals surface area contributed by atoms with E-state index in [1.165, 1.54) is 6.20 Å². The first kappa shape index (κ1) is 29.1. The lowest BCUT2D eigenvalue weighted by Gasteiger charge is -2.36. The van der Waals surface area contributed by atoms with Crippen LogP contribution in [0.5, 0.6) is 5.75 Å². The van der Waals surface area contributed by atoms with Crippen molar-refractivity contribution >= 4 is 44.8 Å². The molecule has 3 heterocycles. The molecule has 0 aliphatic carbocycles. The molecule has 41 heavy (non-hydrogen) atoms. The molecule has 0 saturated carbocycles. The average molecular weight is 599 g/mol. The number of para-hydroxylation sites is 1. The van der Waals surface area contributed by atoms with Crippen molar-refractivity contribution in [2.75, 3.05) is 23.7 Å². The number of rotatable bonds is 9. The van der Waals surface area contributed by atoms with Crippen molar-refractivity contribution in [3.05, 3.63) is 64.8 Å². The van der Waals surface area contributed by atoms with E-state index in [1.54, 1.807) is 38.1 Å². The summed E-state index contributed by atoms with van der Waals surface area (Å²) in [4.78, 5) is 24.7. The molecule has 3 aromatic rings. The van der Waals surface area contributed by atoms with Crippen LogP contribution in [0.15, 0.2) is 53.6 Å². The molecule has 3 N–H and O–H groups in total. The minimum absolute atomic E-state index is 0.0206. The van der Waals surface area contributed by atoms with Crippen LogP contribution in [0.3, 0.4) is 0 Å². The van der Waals surface area contributed by atoms with Crippen molar-refractivity contribution in [3.63, 3.8) is 0 Å². The van der Waals surface area contributed by atoms with Crippen LogP contribution >= 0.6 is 11.6 Å². The molecule has 2 aliphatic rings. The zero-order valence-electron chi connectivity index (χ0n) is 23.5. The number of ether oxygens (including phenoxy) is 1. The van der Waals surface area contributed by atoms with Crippen LogP contribution in [-0.2, 0) is 9.84 Å². The first-order valence-electron chi connectivity index (χ1n) is 13.8. The first-order chi connectivity index (χ1) is 19.6. The number of amides is 1. The number of carbonyl (C=O) groups excluding carboxylic acids is 1. The highest BCUT2D eigenvalue weighted by Gasteiger charge is 2.42. The van der Waals surface area contributed by atoms with Crippen molar-refractivity contribution < 1.29 is 17.9 Å². The second kappa shape index (κ2) is 11.8. The van der Waals surface area contributed by atoms with E-state index in [-0.39, 0.29) is 39.7 Å². The fourth-order valence-corrected chi connectivity index (χ4v) is 6.51. The minimum atomic E-state index is -3.57. The van der Waals surface area contributed by atoms with Gasteiger partial charge in [0.25, 0.3) is 5.91 Å². The van der Waals surface area contributed by atoms with Crippen LogP contribution in [0, 0.1) is 0 Å². The second-order valence-electron chi connectivity index (χ2n) is 10.8. The number of piperidine rings is 1. The normalized spacial score (nSPS) is 17.7. The molecule has 0 bridgehead atoms. The Balaban J connectivity index is 1.50. The predicted octanol–water partition coefficient (Wildman–Crippen LogP) is 5.16. The maximum atomic E-state index is 13.7. The summed E-state index contributed by atoms with van der Waals surface area (Å²) in [6.45, 7) is 8.83. The van der Waals surface area contributed by atoms with Crippen molar-refractivity contribution in [3.8, 4) is 5.75 Å². The third kappa shape index (κ3) is 5.98. The van der Waals surface area contributed by atoms with Crippen molar-refractivity contribution in [1.29, 1.82) is 0 Å². The van der Waals surface area contributed by atoms with Gasteiger partial charge in [-0.25, -0.2) is 13.4 Å². The second-order valence-corrected chi connectivity index (χ2v) is 13.6. The Bertz CT molecular complexity index is 1540. The lowest BCUT2D eigenvalue weighted by Crippen LogP contribution is -2.46. The zero-order chi connectivity index (χ0) is 29.3. The topological polar surface area (TPSA) is 126 Å². The van der Waals surface area contributed by atoms with Gasteiger partial charge >= 0.3 is 0 Å². The van der Waals surface area contributed by atoms with Crippen LogP contribution in [0.2, 0.25) is 5.02 Å². The van der Waals surface area contributed by atoms with Crippen molar-refractivity contribution in [2.45, 2.75) is 69.0 Å². The summed E-state index contributed by atoms with van der Waals surface area (Å²) in [6.07, 6.45) is 2.54. The van der Waals surface area contributed by atoms with Gasteiger partial charge in [0.1, 0.15) is 16.9 Å². The van der Waals surface area contributed by atoms with Gasteiger partial charge in [0.15, 0.2) is 15.7 Å². The Labute approximate surface area is 245 Å². The molecule has 12 heteroatoms. The number of nitrogens with zero attached hydrogens (tertiary/aromatic N) is 3. The third-order valence-electron chi connectivity index (χ3n) is 7.21. The summed E-state index contributed by atoms with van der Waals surface area (Å²) in [5.74, 6) is 1.10. The van der Waals surface area contributed by atoms with Gasteiger partial charge in [-0.3, -0.25) is 4.79 Å². The number of aromatic nitrogens is 2. The number of sulfone groups is 1. The van der Waals surface area contributed by atoms with E-state index < -0.39 is 21.3 Å². The lowest BCUT2D eigenvalue weighted by atomic mass is 10.0. The number of fused-ring (bicyclic) bond motifs is 1. The predicted molar refractivity (Wildman–Crippen MR) is 160 cm³/mol. The fourth-order valence-electron chi connectivity index (χ4n) is 5.17. The van der Waals surface area contributed by atoms with Crippen LogP contribution in [0.25, 0.3) is 0 Å². The number of nitrogens with one attached hydrogen (secondary N) is 3. The molecule has 0 spiro atoms. The highest BCUT2D eigenvalue weighted by Crippen LogP contribution is 2.40. The Morgan fingerprint density at radius 3 is 2.54 bits per heavy atom. The van der Waals surface area contributed by atoms with Gasteiger partial charge < -0.3 is 25.6 Å². The van der Waals surface area contributed by atoms with Gasteiger partial charge in [0.05, 0.1) is 28.1 Å². The first-order valence-corrected chi connectivity index (χ1v) is 15.7. The van der Waals surface area contributed by atoms with Crippen molar-refractivity contribution in [2.24, 2.45) is 0 Å². The quantitative estimate of drug-likeness (QED) is 0.306. The highest BCUT2D eigenvalue weighted by molar-refractivity contribution is 7.92. The van der Waals surface area contributed by atoms with Gasteiger partial charge in [-0.1, -0.05) is 23.7 Å². The van der Waals surface area contributed by atoms with Gasteiger partial charge in [0.2, 0.25) is 5.95 Å². The Morgan fingerprint density at radius 2 is 1.83 bits per heavy atom. The SMILES string of the molecule is CC(C)Oc1ccc2c(c1)C(Nc1ncc(Cl)c(Nc3ccccc3S(=O)(=O)C(C)C)n1)N(C1CCNCC1)C2=O. The molecule has 1 unspecified atom stereocenters. The summed E-state index contributed by atoms with van der Waals surface area (Å²) < 4.78 is 31.9. The van der Waals surface area contributed by atoms with E-state index in [1.807, 2.05) is 36.9 Å². The smallest absolute Gasteiger partial charge is 0.256 e. The monoisotopic (exact) mass is 598 g/mol. The third-order valence-corrected chi connectivity index (χ3v) is 9.70. The summed E-state index contributed by atoms with van der Waals surface area (Å²) in [5, 5.41) is 9.43. The molecule has 1 atom stereocenters. The summed E-state index contributed by atoms with van der Waals surface area (Å²) >= 11 is 6.46. The van der Waals surface area contributed by atoms with Crippen LogP contribution < -0.4 is 20.7 Å². The Morgan fingerprint density at radius 1 is 1.10 bits per heavy atom. The molecule has 10 nitrogen and oxygen atoms in total. The average Bonchev–Trinajstić information content (AvgIpc) is 3.21. The molecule has 1 fully saturated rings. The molecular formula is C29H35ClN6O4S. The van der Waals surface area contributed by atoms with Gasteiger partial charge in [-0.2, -0.15) is 4.98 Å². The molecule has 0 radical (unpaired) electrons. The maximum Gasteiger partial charge on any atom is 0.256 e. The Kier molecular flexibility index (Phi) is 8.40. The summed E-state index contributed by atoms with van der Waals surface area (Å²) in [5.41, 5.74) is 1.76. The molecule has 2 aliphatic heterocycles. The molecule has 1 aromatic heterocycles. The largest absolute Gasteiger partial charge is 0.491 e. The summed E-state index contributed by atoms with van der Waals surface area (Å²) in [7, 11) is -3.57. The molecule has 1 saturated heterocycles. The van der Waals surface area contributed by atoms with Crippen LogP contribution in [0.1, 0.15) is 62.6 Å². The fraction of sp³-hybridized carbons (Fsp3) is 0.414. The molecular weight excluding hydrogens is 564 g/mol. The number of anilines is 3. The van der Waals surface area contributed by atoms with E-state index >= 15 is 0 Å². The van der Waals surface area contributed by atoms with E-state index in [9.17, 15) is 13.2 Å².